The molecule has 0 fully saturated rings. The summed E-state index contributed by atoms with van der Waals surface area (Å²) in [5.41, 5.74) is 0.108. The summed E-state index contributed by atoms with van der Waals surface area (Å²) in [5.74, 6) is 1.59. The summed E-state index contributed by atoms with van der Waals surface area (Å²) in [5, 5.41) is 3.34. The van der Waals surface area contributed by atoms with E-state index in [-0.39, 0.29) is 5.41 Å². The lowest BCUT2D eigenvalue weighted by Gasteiger charge is -2.25. The molecule has 1 rings (SSSR count). The molecule has 0 spiro atoms. The first-order chi connectivity index (χ1) is 8.09. The van der Waals surface area contributed by atoms with Crippen LogP contribution in [0.3, 0.4) is 0 Å². The van der Waals surface area contributed by atoms with Gasteiger partial charge in [0.15, 0.2) is 11.5 Å². The lowest BCUT2D eigenvalue weighted by Crippen LogP contribution is -2.34. The Labute approximate surface area is 104 Å². The van der Waals surface area contributed by atoms with Crippen molar-refractivity contribution in [2.24, 2.45) is 5.41 Å². The molecule has 0 aromatic heterocycles. The van der Waals surface area contributed by atoms with Crippen molar-refractivity contribution in [2.75, 3.05) is 26.8 Å². The van der Waals surface area contributed by atoms with E-state index in [0.717, 1.165) is 24.6 Å². The van der Waals surface area contributed by atoms with Crippen LogP contribution in [-0.4, -0.2) is 26.8 Å². The van der Waals surface area contributed by atoms with Crippen molar-refractivity contribution in [2.45, 2.75) is 20.8 Å². The van der Waals surface area contributed by atoms with Gasteiger partial charge in [-0.25, -0.2) is 0 Å². The van der Waals surface area contributed by atoms with Crippen molar-refractivity contribution in [3.8, 4) is 11.5 Å². The largest absolute Gasteiger partial charge is 0.493 e. The second-order valence-electron chi connectivity index (χ2n) is 4.88. The van der Waals surface area contributed by atoms with Gasteiger partial charge in [-0.2, -0.15) is 0 Å². The zero-order valence-electron chi connectivity index (χ0n) is 11.2. The molecule has 0 atom stereocenters. The third-order valence-corrected chi connectivity index (χ3v) is 2.54. The van der Waals surface area contributed by atoms with E-state index in [1.807, 2.05) is 24.3 Å². The first-order valence-corrected chi connectivity index (χ1v) is 6.05. The van der Waals surface area contributed by atoms with Gasteiger partial charge in [-0.05, 0) is 18.7 Å². The van der Waals surface area contributed by atoms with E-state index < -0.39 is 0 Å². The summed E-state index contributed by atoms with van der Waals surface area (Å²) in [4.78, 5) is 0. The molecule has 0 saturated carbocycles. The highest BCUT2D eigenvalue weighted by Crippen LogP contribution is 2.27. The van der Waals surface area contributed by atoms with Crippen LogP contribution in [0.1, 0.15) is 20.8 Å². The lowest BCUT2D eigenvalue weighted by atomic mass is 9.95. The van der Waals surface area contributed by atoms with Crippen LogP contribution in [0.15, 0.2) is 24.3 Å². The zero-order valence-corrected chi connectivity index (χ0v) is 11.2. The average molecular weight is 237 g/mol. The van der Waals surface area contributed by atoms with Gasteiger partial charge in [-0.1, -0.05) is 32.9 Å². The van der Waals surface area contributed by atoms with Crippen LogP contribution in [0.25, 0.3) is 0 Å². The number of methoxy groups -OCH3 is 1. The van der Waals surface area contributed by atoms with Gasteiger partial charge in [0.25, 0.3) is 0 Å². The van der Waals surface area contributed by atoms with Crippen LogP contribution < -0.4 is 14.8 Å². The molecule has 96 valence electrons. The summed E-state index contributed by atoms with van der Waals surface area (Å²) < 4.78 is 11.1. The highest BCUT2D eigenvalue weighted by Gasteiger charge is 2.18. The molecule has 1 aromatic carbocycles. The summed E-state index contributed by atoms with van der Waals surface area (Å²) in [6.07, 6.45) is 0. The highest BCUT2D eigenvalue weighted by molar-refractivity contribution is 5.39. The third-order valence-electron chi connectivity index (χ3n) is 2.54. The Morgan fingerprint density at radius 3 is 2.41 bits per heavy atom. The fourth-order valence-electron chi connectivity index (χ4n) is 1.53. The van der Waals surface area contributed by atoms with E-state index in [4.69, 9.17) is 9.47 Å². The predicted molar refractivity (Wildman–Crippen MR) is 70.8 cm³/mol. The van der Waals surface area contributed by atoms with Crippen LogP contribution in [0, 0.1) is 5.41 Å². The quantitative estimate of drug-likeness (QED) is 0.791. The molecule has 0 bridgehead atoms. The molecule has 0 aliphatic rings. The van der Waals surface area contributed by atoms with E-state index in [0.29, 0.717) is 6.61 Å². The molecule has 0 amide bonds. The Kier molecular flexibility index (Phi) is 5.29. The zero-order chi connectivity index (χ0) is 12.7. The molecular weight excluding hydrogens is 214 g/mol. The van der Waals surface area contributed by atoms with Crippen LogP contribution in [0.5, 0.6) is 11.5 Å². The fourth-order valence-corrected chi connectivity index (χ4v) is 1.53. The van der Waals surface area contributed by atoms with E-state index in [2.05, 4.69) is 26.1 Å². The van der Waals surface area contributed by atoms with E-state index in [9.17, 15) is 0 Å². The van der Waals surface area contributed by atoms with Gasteiger partial charge in [0.1, 0.15) is 0 Å². The minimum Gasteiger partial charge on any atom is -0.493 e. The predicted octanol–water partition coefficient (Wildman–Crippen LogP) is 2.71. The van der Waals surface area contributed by atoms with Crippen molar-refractivity contribution in [1.82, 2.24) is 5.32 Å². The van der Waals surface area contributed by atoms with Crippen LogP contribution >= 0.6 is 0 Å². The van der Waals surface area contributed by atoms with E-state index in [1.165, 1.54) is 0 Å². The van der Waals surface area contributed by atoms with Crippen molar-refractivity contribution in [3.63, 3.8) is 0 Å². The minimum atomic E-state index is 0.108. The molecule has 17 heavy (non-hydrogen) atoms. The molecule has 3 nitrogen and oxygen atoms in total. The Hall–Kier alpha value is -1.22. The standard InChI is InChI=1S/C14H23NO2/c1-5-15-10-14(2,3)11-17-13-9-7-6-8-12(13)16-4/h6-9,15H,5,10-11H2,1-4H3. The monoisotopic (exact) mass is 237 g/mol. The maximum absolute atomic E-state index is 5.82. The fraction of sp³-hybridized carbons (Fsp3) is 0.571. The Balaban J connectivity index is 2.54. The molecular formula is C14H23NO2. The highest BCUT2D eigenvalue weighted by atomic mass is 16.5. The number of ether oxygens (including phenoxy) is 2. The maximum atomic E-state index is 5.82. The van der Waals surface area contributed by atoms with Gasteiger partial charge < -0.3 is 14.8 Å². The van der Waals surface area contributed by atoms with Gasteiger partial charge in [0.2, 0.25) is 0 Å². The van der Waals surface area contributed by atoms with Crippen LogP contribution in [0.4, 0.5) is 0 Å². The molecule has 0 aliphatic carbocycles. The molecule has 0 aliphatic heterocycles. The molecule has 1 N–H and O–H groups in total. The van der Waals surface area contributed by atoms with E-state index >= 15 is 0 Å². The second kappa shape index (κ2) is 6.50. The van der Waals surface area contributed by atoms with Gasteiger partial charge >= 0.3 is 0 Å². The molecule has 0 saturated heterocycles. The van der Waals surface area contributed by atoms with Crippen molar-refractivity contribution in [1.29, 1.82) is 0 Å². The summed E-state index contributed by atoms with van der Waals surface area (Å²) >= 11 is 0. The number of para-hydroxylation sites is 2. The number of nitrogens with one attached hydrogen (secondary N) is 1. The van der Waals surface area contributed by atoms with Gasteiger partial charge in [0.05, 0.1) is 13.7 Å². The van der Waals surface area contributed by atoms with Gasteiger partial charge in [-0.3, -0.25) is 0 Å². The number of rotatable bonds is 7. The third kappa shape index (κ3) is 4.65. The topological polar surface area (TPSA) is 30.5 Å². The number of hydrogen-bond acceptors (Lipinski definition) is 3. The Morgan fingerprint density at radius 1 is 1.18 bits per heavy atom. The first-order valence-electron chi connectivity index (χ1n) is 6.05. The lowest BCUT2D eigenvalue weighted by molar-refractivity contribution is 0.172. The van der Waals surface area contributed by atoms with Crippen molar-refractivity contribution in [3.05, 3.63) is 24.3 Å². The van der Waals surface area contributed by atoms with E-state index in [1.54, 1.807) is 7.11 Å². The molecule has 0 radical (unpaired) electrons. The smallest absolute Gasteiger partial charge is 0.161 e. The number of benzene rings is 1. The minimum absolute atomic E-state index is 0.108. The number of hydrogen-bond donors (Lipinski definition) is 1. The molecule has 0 unspecified atom stereocenters. The first kappa shape index (κ1) is 13.8. The van der Waals surface area contributed by atoms with Crippen molar-refractivity contribution < 1.29 is 9.47 Å². The van der Waals surface area contributed by atoms with Crippen LogP contribution in [0.2, 0.25) is 0 Å². The second-order valence-corrected chi connectivity index (χ2v) is 4.88. The molecule has 3 heteroatoms. The van der Waals surface area contributed by atoms with Crippen molar-refractivity contribution >= 4 is 0 Å². The van der Waals surface area contributed by atoms with Crippen LogP contribution in [-0.2, 0) is 0 Å². The average Bonchev–Trinajstić information content (AvgIpc) is 2.34. The summed E-state index contributed by atoms with van der Waals surface area (Å²) in [6, 6.07) is 7.74. The Bertz CT molecular complexity index is 337. The Morgan fingerprint density at radius 2 is 1.82 bits per heavy atom. The normalized spacial score (nSPS) is 11.3. The molecule has 1 aromatic rings. The summed E-state index contributed by atoms with van der Waals surface area (Å²) in [7, 11) is 1.66. The summed E-state index contributed by atoms with van der Waals surface area (Å²) in [6.45, 7) is 9.07. The molecule has 0 heterocycles. The SMILES string of the molecule is CCNCC(C)(C)COc1ccccc1OC. The van der Waals surface area contributed by atoms with Gasteiger partial charge in [-0.15, -0.1) is 0 Å². The maximum Gasteiger partial charge on any atom is 0.161 e. The van der Waals surface area contributed by atoms with Gasteiger partial charge in [0, 0.05) is 12.0 Å².